The second kappa shape index (κ2) is 6.05. The molecule has 0 saturated heterocycles. The Morgan fingerprint density at radius 1 is 1.25 bits per heavy atom. The number of nitrogens with zero attached hydrogens (tertiary/aromatic N) is 2. The molecule has 0 fully saturated rings. The molecule has 1 aromatic heterocycles. The molecule has 2 aromatic rings. The number of hydrogen-bond acceptors (Lipinski definition) is 3. The maximum atomic E-state index is 12.1. The van der Waals surface area contributed by atoms with Crippen LogP contribution in [0.4, 0.5) is 11.4 Å². The van der Waals surface area contributed by atoms with Gasteiger partial charge in [0.2, 0.25) is 0 Å². The molecular formula is C15H16BrN3O. The molecule has 104 valence electrons. The summed E-state index contributed by atoms with van der Waals surface area (Å²) >= 11 is 3.30. The zero-order valence-electron chi connectivity index (χ0n) is 11.6. The third-order valence-electron chi connectivity index (χ3n) is 2.91. The first-order valence-corrected chi connectivity index (χ1v) is 6.97. The zero-order chi connectivity index (χ0) is 14.7. The summed E-state index contributed by atoms with van der Waals surface area (Å²) in [6.45, 7) is 2.04. The van der Waals surface area contributed by atoms with Crippen LogP contribution in [0.25, 0.3) is 0 Å². The van der Waals surface area contributed by atoms with Gasteiger partial charge in [0.15, 0.2) is 0 Å². The second-order valence-electron chi connectivity index (χ2n) is 4.71. The first kappa shape index (κ1) is 14.5. The van der Waals surface area contributed by atoms with Crippen molar-refractivity contribution in [3.63, 3.8) is 0 Å². The standard InChI is InChI=1S/C15H16BrN3O/c1-10-4-6-12(8-14(10)19(2)3)18-15(20)13-7-5-11(16)9-17-13/h4-9H,1-3H3,(H,18,20). The normalized spacial score (nSPS) is 10.2. The summed E-state index contributed by atoms with van der Waals surface area (Å²) in [5.74, 6) is -0.217. The third-order valence-corrected chi connectivity index (χ3v) is 3.38. The molecule has 4 nitrogen and oxygen atoms in total. The van der Waals surface area contributed by atoms with Gasteiger partial charge in [-0.25, -0.2) is 4.98 Å². The minimum absolute atomic E-state index is 0.217. The first-order chi connectivity index (χ1) is 9.47. The van der Waals surface area contributed by atoms with Crippen molar-refractivity contribution < 1.29 is 4.79 Å². The number of carbonyl (C=O) groups is 1. The molecule has 0 radical (unpaired) electrons. The van der Waals surface area contributed by atoms with Gasteiger partial charge in [-0.2, -0.15) is 0 Å². The Labute approximate surface area is 127 Å². The van der Waals surface area contributed by atoms with Crippen molar-refractivity contribution in [1.82, 2.24) is 4.98 Å². The highest BCUT2D eigenvalue weighted by Crippen LogP contribution is 2.22. The van der Waals surface area contributed by atoms with Crippen LogP contribution in [-0.4, -0.2) is 25.0 Å². The van der Waals surface area contributed by atoms with Gasteiger partial charge < -0.3 is 10.2 Å². The molecule has 0 unspecified atom stereocenters. The van der Waals surface area contributed by atoms with E-state index in [-0.39, 0.29) is 5.91 Å². The van der Waals surface area contributed by atoms with E-state index in [4.69, 9.17) is 0 Å². The number of pyridine rings is 1. The minimum atomic E-state index is -0.217. The molecule has 1 aromatic carbocycles. The Morgan fingerprint density at radius 3 is 2.60 bits per heavy atom. The number of carbonyl (C=O) groups excluding carboxylic acids is 1. The number of hydrogen-bond donors (Lipinski definition) is 1. The average Bonchev–Trinajstić information content (AvgIpc) is 2.41. The van der Waals surface area contributed by atoms with Gasteiger partial charge in [-0.05, 0) is 52.7 Å². The Bertz CT molecular complexity index is 624. The van der Waals surface area contributed by atoms with Crippen LogP contribution >= 0.6 is 15.9 Å². The van der Waals surface area contributed by atoms with Crippen molar-refractivity contribution in [3.05, 3.63) is 52.3 Å². The summed E-state index contributed by atoms with van der Waals surface area (Å²) < 4.78 is 0.847. The molecule has 20 heavy (non-hydrogen) atoms. The lowest BCUT2D eigenvalue weighted by atomic mass is 10.1. The highest BCUT2D eigenvalue weighted by molar-refractivity contribution is 9.10. The van der Waals surface area contributed by atoms with Crippen LogP contribution < -0.4 is 10.2 Å². The lowest BCUT2D eigenvalue weighted by molar-refractivity contribution is 0.102. The smallest absolute Gasteiger partial charge is 0.274 e. The van der Waals surface area contributed by atoms with E-state index < -0.39 is 0 Å². The number of nitrogens with one attached hydrogen (secondary N) is 1. The first-order valence-electron chi connectivity index (χ1n) is 6.18. The molecule has 0 aliphatic rings. The molecular weight excluding hydrogens is 318 g/mol. The van der Waals surface area contributed by atoms with Crippen LogP contribution in [0.3, 0.4) is 0 Å². The van der Waals surface area contributed by atoms with Gasteiger partial charge in [-0.15, -0.1) is 0 Å². The van der Waals surface area contributed by atoms with E-state index in [9.17, 15) is 4.79 Å². The van der Waals surface area contributed by atoms with E-state index in [0.717, 1.165) is 21.4 Å². The monoisotopic (exact) mass is 333 g/mol. The van der Waals surface area contributed by atoms with Gasteiger partial charge in [0.1, 0.15) is 5.69 Å². The zero-order valence-corrected chi connectivity index (χ0v) is 13.2. The Balaban J connectivity index is 2.19. The summed E-state index contributed by atoms with van der Waals surface area (Å²) in [5, 5.41) is 2.86. The van der Waals surface area contributed by atoms with E-state index in [1.54, 1.807) is 18.3 Å². The Morgan fingerprint density at radius 2 is 2.00 bits per heavy atom. The summed E-state index contributed by atoms with van der Waals surface area (Å²) in [5.41, 5.74) is 3.38. The van der Waals surface area contributed by atoms with Crippen LogP contribution in [0.1, 0.15) is 16.1 Å². The van der Waals surface area contributed by atoms with Crippen molar-refractivity contribution in [2.75, 3.05) is 24.3 Å². The SMILES string of the molecule is Cc1ccc(NC(=O)c2ccc(Br)cn2)cc1N(C)C. The molecule has 5 heteroatoms. The van der Waals surface area contributed by atoms with E-state index >= 15 is 0 Å². The van der Waals surface area contributed by atoms with Crippen LogP contribution in [-0.2, 0) is 0 Å². The van der Waals surface area contributed by atoms with E-state index in [1.807, 2.05) is 44.1 Å². The molecule has 0 aliphatic heterocycles. The second-order valence-corrected chi connectivity index (χ2v) is 5.63. The maximum Gasteiger partial charge on any atom is 0.274 e. The van der Waals surface area contributed by atoms with E-state index in [0.29, 0.717) is 5.69 Å². The predicted molar refractivity (Wildman–Crippen MR) is 85.4 cm³/mol. The fraction of sp³-hybridized carbons (Fsp3) is 0.200. The van der Waals surface area contributed by atoms with Gasteiger partial charge in [0.25, 0.3) is 5.91 Å². The number of rotatable bonds is 3. The van der Waals surface area contributed by atoms with Crippen LogP contribution in [0.5, 0.6) is 0 Å². The number of benzene rings is 1. The Kier molecular flexibility index (Phi) is 4.39. The fourth-order valence-electron chi connectivity index (χ4n) is 1.87. The number of aromatic nitrogens is 1. The number of anilines is 2. The summed E-state index contributed by atoms with van der Waals surface area (Å²) in [4.78, 5) is 18.2. The van der Waals surface area contributed by atoms with E-state index in [1.165, 1.54) is 0 Å². The largest absolute Gasteiger partial charge is 0.377 e. The number of amides is 1. The topological polar surface area (TPSA) is 45.2 Å². The molecule has 1 heterocycles. The van der Waals surface area contributed by atoms with Crippen LogP contribution in [0, 0.1) is 6.92 Å². The van der Waals surface area contributed by atoms with Gasteiger partial charge in [-0.3, -0.25) is 4.79 Å². The molecule has 0 saturated carbocycles. The molecule has 2 rings (SSSR count). The minimum Gasteiger partial charge on any atom is -0.377 e. The average molecular weight is 334 g/mol. The van der Waals surface area contributed by atoms with Gasteiger partial charge >= 0.3 is 0 Å². The van der Waals surface area contributed by atoms with Crippen molar-refractivity contribution in [2.24, 2.45) is 0 Å². The number of halogens is 1. The predicted octanol–water partition coefficient (Wildman–Crippen LogP) is 3.47. The van der Waals surface area contributed by atoms with Gasteiger partial charge in [0, 0.05) is 36.1 Å². The molecule has 0 spiro atoms. The van der Waals surface area contributed by atoms with Crippen molar-refractivity contribution >= 4 is 33.2 Å². The molecule has 0 aliphatic carbocycles. The Hall–Kier alpha value is -1.88. The van der Waals surface area contributed by atoms with Gasteiger partial charge in [-0.1, -0.05) is 6.07 Å². The highest BCUT2D eigenvalue weighted by atomic mass is 79.9. The van der Waals surface area contributed by atoms with Crippen LogP contribution in [0.15, 0.2) is 41.0 Å². The van der Waals surface area contributed by atoms with E-state index in [2.05, 4.69) is 26.2 Å². The summed E-state index contributed by atoms with van der Waals surface area (Å²) in [7, 11) is 3.95. The maximum absolute atomic E-state index is 12.1. The highest BCUT2D eigenvalue weighted by Gasteiger charge is 2.09. The summed E-state index contributed by atoms with van der Waals surface area (Å²) in [6.07, 6.45) is 1.61. The molecule has 1 N–H and O–H groups in total. The van der Waals surface area contributed by atoms with Crippen LogP contribution in [0.2, 0.25) is 0 Å². The molecule has 0 bridgehead atoms. The quantitative estimate of drug-likeness (QED) is 0.935. The van der Waals surface area contributed by atoms with Gasteiger partial charge in [0.05, 0.1) is 0 Å². The van der Waals surface area contributed by atoms with Crippen molar-refractivity contribution in [3.8, 4) is 0 Å². The third kappa shape index (κ3) is 3.36. The van der Waals surface area contributed by atoms with Crippen molar-refractivity contribution in [1.29, 1.82) is 0 Å². The fourth-order valence-corrected chi connectivity index (χ4v) is 2.11. The molecule has 1 amide bonds. The molecule has 0 atom stereocenters. The van der Waals surface area contributed by atoms with Crippen molar-refractivity contribution in [2.45, 2.75) is 6.92 Å². The summed E-state index contributed by atoms with van der Waals surface area (Å²) in [6, 6.07) is 9.30. The number of aryl methyl sites for hydroxylation is 1. The lowest BCUT2D eigenvalue weighted by Crippen LogP contribution is -2.15. The lowest BCUT2D eigenvalue weighted by Gasteiger charge is -2.17.